The number of aromatic nitrogens is 2. The number of carbonyl (C=O) groups is 2. The molecule has 2 N–H and O–H groups in total. The Bertz CT molecular complexity index is 835. The maximum Gasteiger partial charge on any atom is 0.310 e. The zero-order valence-corrected chi connectivity index (χ0v) is 18.9. The molecule has 8 nitrogen and oxygen atoms in total. The Labute approximate surface area is 178 Å². The number of fused-ring (bicyclic) bond motifs is 1. The fourth-order valence-corrected chi connectivity index (χ4v) is 4.54. The molecule has 3 unspecified atom stereocenters. The van der Waals surface area contributed by atoms with Crippen LogP contribution in [0.4, 0.5) is 0 Å². The highest BCUT2D eigenvalue weighted by atomic mass is 16.5. The van der Waals surface area contributed by atoms with E-state index in [-0.39, 0.29) is 22.9 Å². The first-order valence-corrected chi connectivity index (χ1v) is 10.7. The van der Waals surface area contributed by atoms with E-state index < -0.39 is 11.4 Å². The minimum absolute atomic E-state index is 0.0719. The molecule has 1 aromatic rings. The van der Waals surface area contributed by atoms with Crippen LogP contribution in [0.1, 0.15) is 72.4 Å². The number of hydrogen-bond donors (Lipinski definition) is 2. The number of aliphatic carboxylic acids is 1. The minimum Gasteiger partial charge on any atom is -0.491 e. The number of nitrogens with one attached hydrogen (secondary N) is 1. The molecule has 168 valence electrons. The van der Waals surface area contributed by atoms with Crippen molar-refractivity contribution in [2.45, 2.75) is 78.8 Å². The number of amides is 1. The highest BCUT2D eigenvalue weighted by Gasteiger charge is 2.70. The van der Waals surface area contributed by atoms with Gasteiger partial charge in [0.25, 0.3) is 5.56 Å². The van der Waals surface area contributed by atoms with Crippen LogP contribution in [0.15, 0.2) is 10.9 Å². The molecule has 0 radical (unpaired) electrons. The summed E-state index contributed by atoms with van der Waals surface area (Å²) < 4.78 is 7.13. The van der Waals surface area contributed by atoms with Crippen molar-refractivity contribution in [3.63, 3.8) is 0 Å². The van der Waals surface area contributed by atoms with E-state index >= 15 is 0 Å². The van der Waals surface area contributed by atoms with Crippen LogP contribution in [0.25, 0.3) is 0 Å². The van der Waals surface area contributed by atoms with E-state index in [2.05, 4.69) is 38.1 Å². The summed E-state index contributed by atoms with van der Waals surface area (Å²) in [6.07, 6.45) is 2.80. The van der Waals surface area contributed by atoms with Gasteiger partial charge in [0.1, 0.15) is 11.4 Å². The number of carboxylic acid groups (broad SMARTS) is 1. The van der Waals surface area contributed by atoms with E-state index in [1.54, 1.807) is 6.07 Å². The van der Waals surface area contributed by atoms with Gasteiger partial charge in [-0.15, -0.1) is 0 Å². The van der Waals surface area contributed by atoms with Crippen LogP contribution in [0.5, 0.6) is 5.75 Å². The lowest BCUT2D eigenvalue weighted by Crippen LogP contribution is -2.62. The lowest BCUT2D eigenvalue weighted by Gasteiger charge is -2.51. The van der Waals surface area contributed by atoms with E-state index in [4.69, 9.17) is 9.84 Å². The van der Waals surface area contributed by atoms with Crippen LogP contribution in [-0.4, -0.2) is 39.4 Å². The van der Waals surface area contributed by atoms with Gasteiger partial charge in [0.2, 0.25) is 6.41 Å². The molecule has 3 atom stereocenters. The second kappa shape index (κ2) is 9.18. The van der Waals surface area contributed by atoms with E-state index in [9.17, 15) is 14.4 Å². The molecule has 4 rings (SSSR count). The fraction of sp³-hybridized carbons (Fsp3) is 0.727. The van der Waals surface area contributed by atoms with Crippen LogP contribution in [0.2, 0.25) is 0 Å². The highest BCUT2D eigenvalue weighted by Crippen LogP contribution is 2.65. The van der Waals surface area contributed by atoms with Gasteiger partial charge in [-0.05, 0) is 38.0 Å². The van der Waals surface area contributed by atoms with E-state index in [1.807, 2.05) is 13.8 Å². The number of aryl methyl sites for hydroxylation is 1. The minimum atomic E-state index is -0.708. The van der Waals surface area contributed by atoms with Crippen molar-refractivity contribution in [1.82, 2.24) is 15.1 Å². The normalized spacial score (nSPS) is 26.6. The Morgan fingerprint density at radius 3 is 2.50 bits per heavy atom. The van der Waals surface area contributed by atoms with Crippen LogP contribution < -0.4 is 15.6 Å². The van der Waals surface area contributed by atoms with Crippen LogP contribution in [-0.2, 0) is 16.1 Å². The molecule has 3 fully saturated rings. The van der Waals surface area contributed by atoms with Gasteiger partial charge in [-0.1, -0.05) is 34.6 Å². The third-order valence-electron chi connectivity index (χ3n) is 6.49. The third kappa shape index (κ3) is 4.37. The van der Waals surface area contributed by atoms with Gasteiger partial charge in [0.05, 0.1) is 12.0 Å². The third-order valence-corrected chi connectivity index (χ3v) is 6.49. The van der Waals surface area contributed by atoms with Gasteiger partial charge in [0.15, 0.2) is 0 Å². The molecule has 3 saturated carbocycles. The van der Waals surface area contributed by atoms with Crippen molar-refractivity contribution in [1.29, 1.82) is 0 Å². The summed E-state index contributed by atoms with van der Waals surface area (Å²) in [6, 6.07) is 1.55. The molecule has 30 heavy (non-hydrogen) atoms. The smallest absolute Gasteiger partial charge is 0.310 e. The number of rotatable bonds is 8. The van der Waals surface area contributed by atoms with Crippen molar-refractivity contribution < 1.29 is 19.4 Å². The number of ether oxygens (including phenoxy) is 1. The molecule has 0 saturated heterocycles. The zero-order chi connectivity index (χ0) is 22.7. The summed E-state index contributed by atoms with van der Waals surface area (Å²) in [4.78, 5) is 33.1. The molecule has 3 aliphatic rings. The summed E-state index contributed by atoms with van der Waals surface area (Å²) >= 11 is 0. The summed E-state index contributed by atoms with van der Waals surface area (Å²) in [5, 5.41) is 16.2. The largest absolute Gasteiger partial charge is 0.491 e. The van der Waals surface area contributed by atoms with E-state index in [0.717, 1.165) is 12.1 Å². The molecule has 1 aromatic heterocycles. The molecule has 1 heterocycles. The number of carbonyl (C=O) groups excluding carboxylic acids is 1. The Balaban J connectivity index is 0.000000220. The summed E-state index contributed by atoms with van der Waals surface area (Å²) in [6.45, 7) is 13.3. The van der Waals surface area contributed by atoms with E-state index in [1.165, 1.54) is 4.68 Å². The van der Waals surface area contributed by atoms with Crippen molar-refractivity contribution in [3.8, 4) is 5.75 Å². The van der Waals surface area contributed by atoms with Gasteiger partial charge in [-0.25, -0.2) is 4.68 Å². The zero-order valence-electron chi connectivity index (χ0n) is 18.9. The molecular formula is C22H35N3O5. The van der Waals surface area contributed by atoms with Crippen molar-refractivity contribution in [2.75, 3.05) is 6.61 Å². The molecule has 0 aromatic carbocycles. The second-order valence-electron chi connectivity index (χ2n) is 9.19. The second-order valence-corrected chi connectivity index (χ2v) is 9.19. The summed E-state index contributed by atoms with van der Waals surface area (Å²) in [5.74, 6) is 0.672. The SMILES string of the molecule is CC1C2(NC=O)CCC1(C(=O)O)C2.CCn1nc(C(C)C)c(OCC(C)C)cc1=O. The van der Waals surface area contributed by atoms with Gasteiger partial charge >= 0.3 is 5.97 Å². The lowest BCUT2D eigenvalue weighted by atomic mass is 9.57. The Morgan fingerprint density at radius 2 is 2.07 bits per heavy atom. The number of hydrogen-bond acceptors (Lipinski definition) is 5. The lowest BCUT2D eigenvalue weighted by molar-refractivity contribution is -0.162. The van der Waals surface area contributed by atoms with Crippen molar-refractivity contribution in [3.05, 3.63) is 22.1 Å². The molecule has 2 bridgehead atoms. The molecule has 0 spiro atoms. The number of nitrogens with zero attached hydrogens (tertiary/aromatic N) is 2. The molecule has 1 amide bonds. The first-order valence-electron chi connectivity index (χ1n) is 10.7. The maximum absolute atomic E-state index is 11.7. The predicted octanol–water partition coefficient (Wildman–Crippen LogP) is 2.80. The van der Waals surface area contributed by atoms with Crippen molar-refractivity contribution >= 4 is 12.4 Å². The van der Waals surface area contributed by atoms with Gasteiger partial charge in [0, 0.05) is 24.1 Å². The average molecular weight is 422 g/mol. The van der Waals surface area contributed by atoms with Crippen molar-refractivity contribution in [2.24, 2.45) is 17.3 Å². The standard InChI is InChI=1S/C13H22N2O2.C9H13NO3/c1-6-15-12(16)7-11(17-8-9(2)3)13(14-15)10(4)5;1-6-8(7(12)13)2-3-9(6,4-8)10-5-11/h7,9-10H,6,8H2,1-5H3;5-6H,2-4H2,1H3,(H,10,11)(H,12,13). The van der Waals surface area contributed by atoms with Crippen LogP contribution >= 0.6 is 0 Å². The Hall–Kier alpha value is -2.38. The van der Waals surface area contributed by atoms with Crippen LogP contribution in [0.3, 0.4) is 0 Å². The first kappa shape index (κ1) is 23.9. The monoisotopic (exact) mass is 421 g/mol. The van der Waals surface area contributed by atoms with E-state index in [0.29, 0.717) is 44.1 Å². The Kier molecular flexibility index (Phi) is 7.31. The Morgan fingerprint density at radius 1 is 1.40 bits per heavy atom. The fourth-order valence-electron chi connectivity index (χ4n) is 4.54. The highest BCUT2D eigenvalue weighted by molar-refractivity contribution is 5.79. The van der Waals surface area contributed by atoms with Gasteiger partial charge < -0.3 is 15.2 Å². The van der Waals surface area contributed by atoms with Crippen LogP contribution in [0, 0.1) is 17.3 Å². The number of carboxylic acids is 1. The predicted molar refractivity (Wildman–Crippen MR) is 114 cm³/mol. The van der Waals surface area contributed by atoms with Gasteiger partial charge in [-0.2, -0.15) is 5.10 Å². The average Bonchev–Trinajstić information content (AvgIpc) is 3.21. The summed E-state index contributed by atoms with van der Waals surface area (Å²) in [7, 11) is 0. The first-order chi connectivity index (χ1) is 14.0. The maximum atomic E-state index is 11.7. The molecule has 0 aliphatic heterocycles. The van der Waals surface area contributed by atoms with Gasteiger partial charge in [-0.3, -0.25) is 14.4 Å². The molecular weight excluding hydrogens is 386 g/mol. The quantitative estimate of drug-likeness (QED) is 0.625. The summed E-state index contributed by atoms with van der Waals surface area (Å²) in [5.41, 5.74) is -0.00127. The molecule has 8 heteroatoms. The topological polar surface area (TPSA) is 111 Å². The molecule has 3 aliphatic carbocycles.